The van der Waals surface area contributed by atoms with E-state index in [0.717, 1.165) is 50.3 Å². The van der Waals surface area contributed by atoms with E-state index in [1.54, 1.807) is 11.0 Å². The monoisotopic (exact) mass is 544 g/mol. The van der Waals surface area contributed by atoms with Crippen LogP contribution in [0.5, 0.6) is 11.5 Å². The van der Waals surface area contributed by atoms with E-state index in [-0.39, 0.29) is 30.1 Å². The van der Waals surface area contributed by atoms with E-state index >= 15 is 0 Å². The Balaban J connectivity index is 1.82. The second-order valence-corrected chi connectivity index (χ2v) is 10.3. The van der Waals surface area contributed by atoms with Gasteiger partial charge in [0.15, 0.2) is 11.5 Å². The molecule has 8 nitrogen and oxygen atoms in total. The van der Waals surface area contributed by atoms with E-state index in [0.29, 0.717) is 24.8 Å². The highest BCUT2D eigenvalue weighted by molar-refractivity contribution is 7.87. The number of carbonyl (C=O) groups is 1. The number of hydrogen-bond acceptors (Lipinski definition) is 6. The maximum Gasteiger partial charge on any atom is 0.416 e. The number of carbonyl (C=O) groups excluding carboxylic acids is 1. The molecule has 0 spiro atoms. The molecular weight excluding hydrogens is 513 g/mol. The lowest BCUT2D eigenvalue weighted by Gasteiger charge is -2.28. The first-order valence-corrected chi connectivity index (χ1v) is 13.3. The molecule has 1 N–H and O–H groups in total. The molecule has 2 amide bonds. The highest BCUT2D eigenvalue weighted by atomic mass is 32.2. The molecule has 0 aromatic heterocycles. The fourth-order valence-corrected chi connectivity index (χ4v) is 5.05. The molecule has 0 bridgehead atoms. The van der Waals surface area contributed by atoms with E-state index in [4.69, 9.17) is 13.7 Å². The molecule has 2 aromatic carbocycles. The lowest BCUT2D eigenvalue weighted by Crippen LogP contribution is -2.46. The number of ether oxygens (including phenoxy) is 2. The highest BCUT2D eigenvalue weighted by Gasteiger charge is 2.32. The number of halogens is 3. The minimum Gasteiger partial charge on any atom is -0.493 e. The molecule has 1 saturated carbocycles. The second-order valence-electron chi connectivity index (χ2n) is 8.75. The van der Waals surface area contributed by atoms with Crippen LogP contribution in [0.25, 0.3) is 0 Å². The molecule has 2 aromatic rings. The summed E-state index contributed by atoms with van der Waals surface area (Å²) in [6, 6.07) is 7.63. The molecule has 0 heterocycles. The van der Waals surface area contributed by atoms with Crippen LogP contribution < -0.4 is 14.2 Å². The third-order valence-electron chi connectivity index (χ3n) is 6.04. The first-order chi connectivity index (χ1) is 17.5. The summed E-state index contributed by atoms with van der Waals surface area (Å²) in [6.45, 7) is 0.702. The number of nitrogens with zero attached hydrogens (tertiary/aromatic N) is 1. The maximum absolute atomic E-state index is 13.1. The summed E-state index contributed by atoms with van der Waals surface area (Å²) in [4.78, 5) is 13.9. The number of hydrogen-bond donors (Lipinski definition) is 1. The molecule has 3 rings (SSSR count). The molecule has 0 atom stereocenters. The largest absolute Gasteiger partial charge is 0.493 e. The van der Waals surface area contributed by atoms with E-state index in [1.165, 1.54) is 26.4 Å². The van der Waals surface area contributed by atoms with Gasteiger partial charge in [0.05, 0.1) is 19.3 Å². The molecule has 204 valence electrons. The van der Waals surface area contributed by atoms with E-state index in [1.807, 2.05) is 0 Å². The van der Waals surface area contributed by atoms with Crippen LogP contribution in [0.2, 0.25) is 0 Å². The van der Waals surface area contributed by atoms with Crippen LogP contribution in [0, 0.1) is 0 Å². The first kappa shape index (κ1) is 28.6. The van der Waals surface area contributed by atoms with Gasteiger partial charge in [-0.25, -0.2) is 4.79 Å². The molecular formula is C25H31F3N2O6S. The van der Waals surface area contributed by atoms with Gasteiger partial charge in [0.25, 0.3) is 0 Å². The molecule has 37 heavy (non-hydrogen) atoms. The number of benzene rings is 2. The zero-order valence-electron chi connectivity index (χ0n) is 20.7. The highest BCUT2D eigenvalue weighted by Crippen LogP contribution is 2.34. The van der Waals surface area contributed by atoms with E-state index in [9.17, 15) is 26.4 Å². The van der Waals surface area contributed by atoms with Gasteiger partial charge >= 0.3 is 22.3 Å². The molecule has 0 radical (unpaired) electrons. The van der Waals surface area contributed by atoms with Crippen molar-refractivity contribution in [2.24, 2.45) is 0 Å². The van der Waals surface area contributed by atoms with Crippen molar-refractivity contribution in [1.82, 2.24) is 10.2 Å². The summed E-state index contributed by atoms with van der Waals surface area (Å²) >= 11 is 0. The average Bonchev–Trinajstić information content (AvgIpc) is 2.86. The fraction of sp³-hybridized carbons (Fsp3) is 0.480. The number of methoxy groups -OCH3 is 2. The van der Waals surface area contributed by atoms with Crippen molar-refractivity contribution in [1.29, 1.82) is 0 Å². The quantitative estimate of drug-likeness (QED) is 0.425. The number of nitrogens with one attached hydrogen (secondary N) is 1. The van der Waals surface area contributed by atoms with Crippen molar-refractivity contribution < 1.29 is 40.0 Å². The van der Waals surface area contributed by atoms with Crippen molar-refractivity contribution in [3.63, 3.8) is 0 Å². The Bertz CT molecular complexity index is 1170. The minimum absolute atomic E-state index is 0.0643. The summed E-state index contributed by atoms with van der Waals surface area (Å²) in [5, 5.41) is 3.05. The Morgan fingerprint density at radius 3 is 2.43 bits per heavy atom. The van der Waals surface area contributed by atoms with Gasteiger partial charge in [-0.2, -0.15) is 21.6 Å². The molecule has 0 unspecified atom stereocenters. The van der Waals surface area contributed by atoms with Crippen LogP contribution in [0.3, 0.4) is 0 Å². The van der Waals surface area contributed by atoms with Gasteiger partial charge in [-0.05, 0) is 48.7 Å². The fourth-order valence-electron chi connectivity index (χ4n) is 4.07. The third kappa shape index (κ3) is 8.00. The molecule has 0 aliphatic heterocycles. The molecule has 1 fully saturated rings. The molecule has 0 saturated heterocycles. The lowest BCUT2D eigenvalue weighted by atomic mass is 9.96. The van der Waals surface area contributed by atoms with Crippen LogP contribution in [0.4, 0.5) is 18.0 Å². The molecule has 1 aliphatic rings. The number of alkyl halides is 3. The summed E-state index contributed by atoms with van der Waals surface area (Å²) < 4.78 is 80.4. The first-order valence-electron chi connectivity index (χ1n) is 11.9. The predicted octanol–water partition coefficient (Wildman–Crippen LogP) is 4.97. The maximum atomic E-state index is 13.1. The normalized spacial score (nSPS) is 14.7. The second kappa shape index (κ2) is 12.5. The summed E-state index contributed by atoms with van der Waals surface area (Å²) in [5.74, 6) is -0.147. The van der Waals surface area contributed by atoms with E-state index < -0.39 is 26.8 Å². The Morgan fingerprint density at radius 2 is 1.78 bits per heavy atom. The molecule has 12 heteroatoms. The average molecular weight is 545 g/mol. The Kier molecular flexibility index (Phi) is 9.66. The number of amides is 2. The van der Waals surface area contributed by atoms with Crippen molar-refractivity contribution in [2.75, 3.05) is 27.4 Å². The van der Waals surface area contributed by atoms with Crippen molar-refractivity contribution >= 4 is 16.1 Å². The minimum atomic E-state index is -4.72. The summed E-state index contributed by atoms with van der Waals surface area (Å²) in [5.41, 5.74) is -0.583. The van der Waals surface area contributed by atoms with Gasteiger partial charge in [-0.15, -0.1) is 0 Å². The SMILES string of the molecule is COCCN(Cc1ccc(OC)c(OS(=O)(=O)c2cccc(C(F)(F)F)c2)c1)C(=O)NC1CCCCC1. The van der Waals surface area contributed by atoms with Crippen molar-refractivity contribution in [2.45, 2.75) is 55.8 Å². The molecule has 1 aliphatic carbocycles. The Labute approximate surface area is 214 Å². The standard InChI is InChI=1S/C25H31F3N2O6S/c1-34-14-13-30(24(31)29-20-8-4-3-5-9-20)17-18-11-12-22(35-2)23(15-18)36-37(32,33)21-10-6-7-19(16-21)25(26,27)28/h6-7,10-12,15-16,20H,3-5,8-9,13-14,17H2,1-2H3,(H,29,31). The zero-order chi connectivity index (χ0) is 27.1. The summed E-state index contributed by atoms with van der Waals surface area (Å²) in [7, 11) is -1.79. The van der Waals surface area contributed by atoms with Gasteiger partial charge in [0.2, 0.25) is 0 Å². The van der Waals surface area contributed by atoms with Crippen molar-refractivity contribution in [3.05, 3.63) is 53.6 Å². The van der Waals surface area contributed by atoms with Crippen LogP contribution in [-0.4, -0.2) is 52.8 Å². The van der Waals surface area contributed by atoms with E-state index in [2.05, 4.69) is 5.32 Å². The van der Waals surface area contributed by atoms with Crippen LogP contribution in [0.1, 0.15) is 43.2 Å². The third-order valence-corrected chi connectivity index (χ3v) is 7.27. The topological polar surface area (TPSA) is 94.2 Å². The van der Waals surface area contributed by atoms with Crippen LogP contribution in [-0.2, 0) is 27.6 Å². The van der Waals surface area contributed by atoms with Crippen molar-refractivity contribution in [3.8, 4) is 11.5 Å². The van der Waals surface area contributed by atoms with Gasteiger partial charge < -0.3 is 23.9 Å². The zero-order valence-corrected chi connectivity index (χ0v) is 21.5. The van der Waals surface area contributed by atoms with Crippen LogP contribution in [0.15, 0.2) is 47.4 Å². The van der Waals surface area contributed by atoms with Gasteiger partial charge in [-0.1, -0.05) is 31.4 Å². The van der Waals surface area contributed by atoms with Gasteiger partial charge in [0.1, 0.15) is 4.90 Å². The smallest absolute Gasteiger partial charge is 0.416 e. The lowest BCUT2D eigenvalue weighted by molar-refractivity contribution is -0.137. The number of rotatable bonds is 10. The Hall–Kier alpha value is -2.99. The van der Waals surface area contributed by atoms with Crippen LogP contribution >= 0.6 is 0 Å². The Morgan fingerprint density at radius 1 is 1.05 bits per heavy atom. The van der Waals surface area contributed by atoms with Gasteiger partial charge in [-0.3, -0.25) is 0 Å². The van der Waals surface area contributed by atoms with Gasteiger partial charge in [0, 0.05) is 26.2 Å². The summed E-state index contributed by atoms with van der Waals surface area (Å²) in [6.07, 6.45) is 0.380. The number of urea groups is 1. The predicted molar refractivity (Wildman–Crippen MR) is 130 cm³/mol.